The lowest BCUT2D eigenvalue weighted by molar-refractivity contribution is -0.167. The summed E-state index contributed by atoms with van der Waals surface area (Å²) in [7, 11) is 0. The summed E-state index contributed by atoms with van der Waals surface area (Å²) in [4.78, 5) is 37.7. The van der Waals surface area contributed by atoms with Crippen molar-refractivity contribution in [2.45, 2.75) is 239 Å². The van der Waals surface area contributed by atoms with Crippen LogP contribution in [0.1, 0.15) is 233 Å². The lowest BCUT2D eigenvalue weighted by Gasteiger charge is -2.18. The summed E-state index contributed by atoms with van der Waals surface area (Å²) >= 11 is 0. The zero-order valence-electron chi connectivity index (χ0n) is 39.2. The number of ether oxygens (including phenoxy) is 3. The van der Waals surface area contributed by atoms with Gasteiger partial charge in [0, 0.05) is 19.3 Å². The first-order valence-electron chi connectivity index (χ1n) is 24.9. The quantitative estimate of drug-likeness (QED) is 0.0263. The molecule has 0 saturated heterocycles. The van der Waals surface area contributed by atoms with Crippen molar-refractivity contribution >= 4 is 17.9 Å². The van der Waals surface area contributed by atoms with Gasteiger partial charge in [0.1, 0.15) is 13.2 Å². The van der Waals surface area contributed by atoms with Crippen LogP contribution >= 0.6 is 0 Å². The first kappa shape index (κ1) is 56.9. The maximum absolute atomic E-state index is 12.7. The van der Waals surface area contributed by atoms with Crippen LogP contribution in [-0.4, -0.2) is 37.2 Å². The van der Waals surface area contributed by atoms with Gasteiger partial charge in [-0.1, -0.05) is 196 Å². The zero-order valence-corrected chi connectivity index (χ0v) is 39.2. The number of carbonyl (C=O) groups is 3. The van der Waals surface area contributed by atoms with Gasteiger partial charge in [0.05, 0.1) is 0 Å². The molecule has 0 aliphatic carbocycles. The molecule has 0 heterocycles. The fourth-order valence-corrected chi connectivity index (χ4v) is 6.70. The van der Waals surface area contributed by atoms with Crippen molar-refractivity contribution in [1.82, 2.24) is 0 Å². The van der Waals surface area contributed by atoms with Gasteiger partial charge >= 0.3 is 17.9 Å². The third kappa shape index (κ3) is 45.9. The Hall–Kier alpha value is -3.15. The topological polar surface area (TPSA) is 78.9 Å². The molecule has 6 heteroatoms. The van der Waals surface area contributed by atoms with Crippen LogP contribution in [0.5, 0.6) is 0 Å². The molecule has 0 aromatic rings. The molecule has 0 bridgehead atoms. The standard InChI is InChI=1S/C54H92O6/c1-4-7-10-13-16-18-20-22-24-26-27-29-30-32-34-36-38-41-44-47-53(56)59-50-51(49-58-52(55)46-43-40-15-12-9-6-3)60-54(57)48-45-42-39-37-35-33-31-28-25-23-21-19-17-14-11-8-5-2/h7,10,16-19,22-25,27,29,51H,4-6,8-9,11-15,20-21,26,28,30-50H2,1-3H3/b10-7-,18-16-,19-17-,24-22-,25-23-,29-27-. The summed E-state index contributed by atoms with van der Waals surface area (Å²) in [6.45, 7) is 6.42. The molecule has 0 rings (SSSR count). The van der Waals surface area contributed by atoms with Gasteiger partial charge < -0.3 is 14.2 Å². The van der Waals surface area contributed by atoms with Crippen LogP contribution in [0.4, 0.5) is 0 Å². The molecule has 6 nitrogen and oxygen atoms in total. The van der Waals surface area contributed by atoms with Crippen molar-refractivity contribution in [1.29, 1.82) is 0 Å². The minimum atomic E-state index is -0.781. The van der Waals surface area contributed by atoms with E-state index >= 15 is 0 Å². The fraction of sp³-hybridized carbons (Fsp3) is 0.722. The summed E-state index contributed by atoms with van der Waals surface area (Å²) in [6.07, 6.45) is 60.4. The third-order valence-corrected chi connectivity index (χ3v) is 10.4. The van der Waals surface area contributed by atoms with Gasteiger partial charge in [0.2, 0.25) is 0 Å². The molecule has 0 radical (unpaired) electrons. The third-order valence-electron chi connectivity index (χ3n) is 10.4. The van der Waals surface area contributed by atoms with Crippen molar-refractivity contribution in [2.24, 2.45) is 0 Å². The maximum Gasteiger partial charge on any atom is 0.306 e. The average molecular weight is 837 g/mol. The van der Waals surface area contributed by atoms with E-state index in [0.29, 0.717) is 19.3 Å². The second kappa shape index (κ2) is 48.5. The Kier molecular flexibility index (Phi) is 46.0. The highest BCUT2D eigenvalue weighted by atomic mass is 16.6. The Morgan fingerprint density at radius 3 is 1.05 bits per heavy atom. The van der Waals surface area contributed by atoms with Crippen molar-refractivity contribution in [2.75, 3.05) is 13.2 Å². The molecule has 344 valence electrons. The number of hydrogen-bond donors (Lipinski definition) is 0. The average Bonchev–Trinajstić information content (AvgIpc) is 3.24. The Morgan fingerprint density at radius 1 is 0.350 bits per heavy atom. The summed E-state index contributed by atoms with van der Waals surface area (Å²) < 4.78 is 16.7. The van der Waals surface area contributed by atoms with Crippen LogP contribution in [0.15, 0.2) is 72.9 Å². The van der Waals surface area contributed by atoms with E-state index in [-0.39, 0.29) is 31.1 Å². The Morgan fingerprint density at radius 2 is 0.650 bits per heavy atom. The number of allylic oxidation sites excluding steroid dienone is 12. The molecule has 1 atom stereocenters. The van der Waals surface area contributed by atoms with Crippen molar-refractivity contribution in [3.05, 3.63) is 72.9 Å². The van der Waals surface area contributed by atoms with E-state index in [4.69, 9.17) is 14.2 Å². The number of esters is 3. The van der Waals surface area contributed by atoms with Crippen molar-refractivity contribution in [3.8, 4) is 0 Å². The summed E-state index contributed by atoms with van der Waals surface area (Å²) in [5.41, 5.74) is 0. The molecule has 0 spiro atoms. The van der Waals surface area contributed by atoms with Crippen LogP contribution in [0.25, 0.3) is 0 Å². The van der Waals surface area contributed by atoms with Gasteiger partial charge in [-0.15, -0.1) is 0 Å². The zero-order chi connectivity index (χ0) is 43.7. The largest absolute Gasteiger partial charge is 0.462 e. The van der Waals surface area contributed by atoms with E-state index < -0.39 is 6.10 Å². The van der Waals surface area contributed by atoms with Crippen LogP contribution < -0.4 is 0 Å². The van der Waals surface area contributed by atoms with Gasteiger partial charge in [0.25, 0.3) is 0 Å². The minimum absolute atomic E-state index is 0.0838. The molecule has 0 saturated carbocycles. The van der Waals surface area contributed by atoms with E-state index in [1.54, 1.807) is 0 Å². The summed E-state index contributed by atoms with van der Waals surface area (Å²) in [6, 6.07) is 0. The van der Waals surface area contributed by atoms with E-state index in [0.717, 1.165) is 103 Å². The number of carbonyl (C=O) groups excluding carboxylic acids is 3. The fourth-order valence-electron chi connectivity index (χ4n) is 6.70. The summed E-state index contributed by atoms with van der Waals surface area (Å²) in [5.74, 6) is -0.916. The second-order valence-electron chi connectivity index (χ2n) is 16.3. The molecule has 0 N–H and O–H groups in total. The van der Waals surface area contributed by atoms with Crippen LogP contribution in [0.2, 0.25) is 0 Å². The normalized spacial score (nSPS) is 12.7. The molecule has 0 aromatic heterocycles. The van der Waals surface area contributed by atoms with Gasteiger partial charge in [-0.25, -0.2) is 0 Å². The van der Waals surface area contributed by atoms with Gasteiger partial charge in [-0.05, 0) is 89.9 Å². The van der Waals surface area contributed by atoms with Crippen LogP contribution in [0, 0.1) is 0 Å². The molecular weight excluding hydrogens is 745 g/mol. The minimum Gasteiger partial charge on any atom is -0.462 e. The summed E-state index contributed by atoms with van der Waals surface area (Å²) in [5, 5.41) is 0. The van der Waals surface area contributed by atoms with Crippen LogP contribution in [0.3, 0.4) is 0 Å². The monoisotopic (exact) mass is 837 g/mol. The van der Waals surface area contributed by atoms with E-state index in [1.807, 2.05) is 0 Å². The first-order chi connectivity index (χ1) is 29.5. The molecule has 60 heavy (non-hydrogen) atoms. The molecule has 0 fully saturated rings. The molecule has 0 aliphatic heterocycles. The van der Waals surface area contributed by atoms with Crippen molar-refractivity contribution in [3.63, 3.8) is 0 Å². The maximum atomic E-state index is 12.7. The Balaban J connectivity index is 4.27. The number of rotatable bonds is 44. The lowest BCUT2D eigenvalue weighted by atomic mass is 10.1. The van der Waals surface area contributed by atoms with E-state index in [1.165, 1.54) is 89.9 Å². The molecule has 0 amide bonds. The highest BCUT2D eigenvalue weighted by Crippen LogP contribution is 2.14. The van der Waals surface area contributed by atoms with Gasteiger partial charge in [0.15, 0.2) is 6.10 Å². The van der Waals surface area contributed by atoms with Crippen molar-refractivity contribution < 1.29 is 28.6 Å². The predicted octanol–water partition coefficient (Wildman–Crippen LogP) is 16.3. The number of hydrogen-bond acceptors (Lipinski definition) is 6. The SMILES string of the molecule is CC/C=C\C/C=C\C/C=C\C/C=C\CCCCCCCCC(=O)OCC(COC(=O)CCCCCCCC)OC(=O)CCCCCCCCC/C=C\C/C=C\CCCCC. The first-order valence-corrected chi connectivity index (χ1v) is 24.9. The second-order valence-corrected chi connectivity index (χ2v) is 16.3. The molecular formula is C54H92O6. The molecule has 1 unspecified atom stereocenters. The van der Waals surface area contributed by atoms with E-state index in [2.05, 4.69) is 93.7 Å². The van der Waals surface area contributed by atoms with Gasteiger partial charge in [-0.3, -0.25) is 14.4 Å². The predicted molar refractivity (Wildman–Crippen MR) is 256 cm³/mol. The van der Waals surface area contributed by atoms with Gasteiger partial charge in [-0.2, -0.15) is 0 Å². The molecule has 0 aliphatic rings. The lowest BCUT2D eigenvalue weighted by Crippen LogP contribution is -2.30. The highest BCUT2D eigenvalue weighted by Gasteiger charge is 2.19. The molecule has 0 aromatic carbocycles. The highest BCUT2D eigenvalue weighted by molar-refractivity contribution is 5.71. The number of unbranched alkanes of at least 4 members (excludes halogenated alkanes) is 21. The smallest absolute Gasteiger partial charge is 0.306 e. The van der Waals surface area contributed by atoms with E-state index in [9.17, 15) is 14.4 Å². The Labute approximate surface area is 370 Å². The van der Waals surface area contributed by atoms with Crippen LogP contribution in [-0.2, 0) is 28.6 Å². The Bertz CT molecular complexity index is 1140.